The van der Waals surface area contributed by atoms with Crippen LogP contribution in [0.2, 0.25) is 0 Å². The SMILES string of the molecule is CCOC(=O)C(NC(=O)C1CCn2c(C(=O)c3ccccc3)ccc21)C(C)CC. The van der Waals surface area contributed by atoms with E-state index in [4.69, 9.17) is 4.74 Å². The number of amides is 1. The third kappa shape index (κ3) is 4.26. The molecule has 3 atom stereocenters. The standard InChI is InChI=1S/C23H28N2O4/c1-4-15(3)20(23(28)29-5-2)24-22(27)17-13-14-25-18(17)11-12-19(25)21(26)16-9-7-6-8-10-16/h6-12,15,17,20H,4-5,13-14H2,1-3H3,(H,24,27). The Bertz CT molecular complexity index is 888. The average molecular weight is 396 g/mol. The Balaban J connectivity index is 1.78. The first-order chi connectivity index (χ1) is 14.0. The topological polar surface area (TPSA) is 77.4 Å². The van der Waals surface area contributed by atoms with Crippen molar-refractivity contribution in [3.63, 3.8) is 0 Å². The highest BCUT2D eigenvalue weighted by molar-refractivity contribution is 6.08. The van der Waals surface area contributed by atoms with E-state index in [1.54, 1.807) is 25.1 Å². The molecule has 0 fully saturated rings. The number of ether oxygens (including phenoxy) is 1. The molecule has 1 aliphatic heterocycles. The lowest BCUT2D eigenvalue weighted by molar-refractivity contribution is -0.149. The van der Waals surface area contributed by atoms with Crippen LogP contribution in [0.1, 0.15) is 61.3 Å². The maximum Gasteiger partial charge on any atom is 0.328 e. The minimum absolute atomic E-state index is 0.0265. The monoisotopic (exact) mass is 396 g/mol. The normalized spacial score (nSPS) is 17.3. The van der Waals surface area contributed by atoms with Crippen LogP contribution in [0.4, 0.5) is 0 Å². The molecule has 3 unspecified atom stereocenters. The lowest BCUT2D eigenvalue weighted by Gasteiger charge is -2.24. The summed E-state index contributed by atoms with van der Waals surface area (Å²) in [5.41, 5.74) is 2.03. The molecule has 0 saturated carbocycles. The Kier molecular flexibility index (Phi) is 6.52. The number of fused-ring (bicyclic) bond motifs is 1. The predicted octanol–water partition coefficient (Wildman–Crippen LogP) is 3.30. The minimum Gasteiger partial charge on any atom is -0.464 e. The molecule has 2 aromatic rings. The number of aromatic nitrogens is 1. The summed E-state index contributed by atoms with van der Waals surface area (Å²) in [6, 6.07) is 12.1. The van der Waals surface area contributed by atoms with Crippen molar-refractivity contribution in [2.45, 2.75) is 52.1 Å². The molecule has 0 spiro atoms. The summed E-state index contributed by atoms with van der Waals surface area (Å²) >= 11 is 0. The maximum atomic E-state index is 13.0. The maximum absolute atomic E-state index is 13.0. The van der Waals surface area contributed by atoms with Crippen molar-refractivity contribution in [1.82, 2.24) is 9.88 Å². The number of nitrogens with one attached hydrogen (secondary N) is 1. The van der Waals surface area contributed by atoms with Gasteiger partial charge in [-0.15, -0.1) is 0 Å². The van der Waals surface area contributed by atoms with Crippen LogP contribution in [0.5, 0.6) is 0 Å². The summed E-state index contributed by atoms with van der Waals surface area (Å²) in [5.74, 6) is -1.06. The molecule has 29 heavy (non-hydrogen) atoms. The van der Waals surface area contributed by atoms with Crippen LogP contribution in [-0.2, 0) is 20.9 Å². The van der Waals surface area contributed by atoms with Gasteiger partial charge >= 0.3 is 5.97 Å². The Labute approximate surface area is 171 Å². The highest BCUT2D eigenvalue weighted by Gasteiger charge is 2.35. The molecule has 6 nitrogen and oxygen atoms in total. The van der Waals surface area contributed by atoms with Crippen molar-refractivity contribution >= 4 is 17.7 Å². The van der Waals surface area contributed by atoms with Crippen molar-refractivity contribution in [2.24, 2.45) is 5.92 Å². The largest absolute Gasteiger partial charge is 0.464 e. The highest BCUT2D eigenvalue weighted by atomic mass is 16.5. The second-order valence-electron chi connectivity index (χ2n) is 7.46. The average Bonchev–Trinajstić information content (AvgIpc) is 3.33. The number of benzene rings is 1. The summed E-state index contributed by atoms with van der Waals surface area (Å²) in [7, 11) is 0. The lowest BCUT2D eigenvalue weighted by atomic mass is 9.97. The van der Waals surface area contributed by atoms with Crippen LogP contribution in [-0.4, -0.2) is 34.9 Å². The first-order valence-corrected chi connectivity index (χ1v) is 10.2. The van der Waals surface area contributed by atoms with E-state index in [9.17, 15) is 14.4 Å². The fourth-order valence-corrected chi connectivity index (χ4v) is 3.80. The number of carbonyl (C=O) groups is 3. The lowest BCUT2D eigenvalue weighted by Crippen LogP contribution is -2.47. The molecule has 1 amide bonds. The molecule has 1 aromatic heterocycles. The number of hydrogen-bond acceptors (Lipinski definition) is 4. The van der Waals surface area contributed by atoms with Crippen molar-refractivity contribution in [3.05, 3.63) is 59.4 Å². The summed E-state index contributed by atoms with van der Waals surface area (Å²) in [6.45, 7) is 6.53. The van der Waals surface area contributed by atoms with Gasteiger partial charge in [0, 0.05) is 17.8 Å². The highest BCUT2D eigenvalue weighted by Crippen LogP contribution is 2.32. The van der Waals surface area contributed by atoms with Crippen LogP contribution in [0.15, 0.2) is 42.5 Å². The zero-order chi connectivity index (χ0) is 21.0. The Morgan fingerprint density at radius 1 is 1.14 bits per heavy atom. The fourth-order valence-electron chi connectivity index (χ4n) is 3.80. The van der Waals surface area contributed by atoms with E-state index in [0.717, 1.165) is 12.1 Å². The molecule has 3 rings (SSSR count). The van der Waals surface area contributed by atoms with Crippen molar-refractivity contribution in [1.29, 1.82) is 0 Å². The van der Waals surface area contributed by atoms with Gasteiger partial charge in [-0.1, -0.05) is 50.6 Å². The van der Waals surface area contributed by atoms with Gasteiger partial charge in [0.1, 0.15) is 6.04 Å². The molecule has 154 valence electrons. The van der Waals surface area contributed by atoms with E-state index in [-0.39, 0.29) is 30.1 Å². The molecule has 0 radical (unpaired) electrons. The third-order valence-electron chi connectivity index (χ3n) is 5.65. The smallest absolute Gasteiger partial charge is 0.328 e. The van der Waals surface area contributed by atoms with Gasteiger partial charge < -0.3 is 14.6 Å². The van der Waals surface area contributed by atoms with Crippen LogP contribution >= 0.6 is 0 Å². The van der Waals surface area contributed by atoms with Gasteiger partial charge in [-0.3, -0.25) is 9.59 Å². The molecular weight excluding hydrogens is 368 g/mol. The number of esters is 1. The summed E-state index contributed by atoms with van der Waals surface area (Å²) in [6.07, 6.45) is 1.35. The molecule has 1 aromatic carbocycles. The molecule has 0 aliphatic carbocycles. The van der Waals surface area contributed by atoms with Crippen LogP contribution < -0.4 is 5.32 Å². The fraction of sp³-hybridized carbons (Fsp3) is 0.435. The molecule has 6 heteroatoms. The van der Waals surface area contributed by atoms with Gasteiger partial charge in [-0.05, 0) is 31.4 Å². The van der Waals surface area contributed by atoms with E-state index in [1.165, 1.54) is 0 Å². The van der Waals surface area contributed by atoms with Crippen molar-refractivity contribution in [2.75, 3.05) is 6.61 Å². The number of carbonyl (C=O) groups excluding carboxylic acids is 3. The number of rotatable bonds is 8. The Morgan fingerprint density at radius 3 is 2.52 bits per heavy atom. The summed E-state index contributed by atoms with van der Waals surface area (Å²) in [5, 5.41) is 2.89. The Hall–Kier alpha value is -2.89. The number of hydrogen-bond donors (Lipinski definition) is 1. The molecular formula is C23H28N2O4. The van der Waals surface area contributed by atoms with Crippen LogP contribution in [0.3, 0.4) is 0 Å². The molecule has 1 N–H and O–H groups in total. The first kappa shape index (κ1) is 20.8. The number of ketones is 1. The quantitative estimate of drug-likeness (QED) is 0.549. The second-order valence-corrected chi connectivity index (χ2v) is 7.46. The third-order valence-corrected chi connectivity index (χ3v) is 5.65. The molecule has 0 bridgehead atoms. The number of nitrogens with zero attached hydrogens (tertiary/aromatic N) is 1. The van der Waals surface area contributed by atoms with E-state index in [0.29, 0.717) is 24.2 Å². The van der Waals surface area contributed by atoms with Crippen LogP contribution in [0.25, 0.3) is 0 Å². The molecule has 2 heterocycles. The van der Waals surface area contributed by atoms with Gasteiger partial charge in [0.2, 0.25) is 11.7 Å². The van der Waals surface area contributed by atoms with Crippen LogP contribution in [0, 0.1) is 5.92 Å². The van der Waals surface area contributed by atoms with Gasteiger partial charge in [0.15, 0.2) is 0 Å². The van der Waals surface area contributed by atoms with Gasteiger partial charge in [-0.25, -0.2) is 4.79 Å². The van der Waals surface area contributed by atoms with Gasteiger partial charge in [0.05, 0.1) is 18.2 Å². The molecule has 1 aliphatic rings. The van der Waals surface area contributed by atoms with Crippen molar-refractivity contribution in [3.8, 4) is 0 Å². The summed E-state index contributed by atoms with van der Waals surface area (Å²) in [4.78, 5) is 38.1. The summed E-state index contributed by atoms with van der Waals surface area (Å²) < 4.78 is 7.06. The minimum atomic E-state index is -0.665. The van der Waals surface area contributed by atoms with Gasteiger partial charge in [-0.2, -0.15) is 0 Å². The van der Waals surface area contributed by atoms with E-state index in [2.05, 4.69) is 5.32 Å². The van der Waals surface area contributed by atoms with Crippen molar-refractivity contribution < 1.29 is 19.1 Å². The predicted molar refractivity (Wildman–Crippen MR) is 110 cm³/mol. The first-order valence-electron chi connectivity index (χ1n) is 10.2. The van der Waals surface area contributed by atoms with E-state index >= 15 is 0 Å². The zero-order valence-corrected chi connectivity index (χ0v) is 17.2. The van der Waals surface area contributed by atoms with Gasteiger partial charge in [0.25, 0.3) is 0 Å². The second kappa shape index (κ2) is 9.07. The Morgan fingerprint density at radius 2 is 1.86 bits per heavy atom. The van der Waals surface area contributed by atoms with E-state index < -0.39 is 12.0 Å². The molecule has 0 saturated heterocycles. The van der Waals surface area contributed by atoms with E-state index in [1.807, 2.05) is 42.7 Å². The zero-order valence-electron chi connectivity index (χ0n) is 17.2.